The third-order valence-electron chi connectivity index (χ3n) is 2.11. The van der Waals surface area contributed by atoms with Gasteiger partial charge in [0.15, 0.2) is 5.78 Å². The highest BCUT2D eigenvalue weighted by atomic mass is 16.1. The summed E-state index contributed by atoms with van der Waals surface area (Å²) in [6, 6.07) is 5.59. The van der Waals surface area contributed by atoms with Gasteiger partial charge in [-0.2, -0.15) is 5.10 Å². The lowest BCUT2D eigenvalue weighted by atomic mass is 10.1. The Labute approximate surface area is 81.3 Å². The summed E-state index contributed by atoms with van der Waals surface area (Å²) in [6.07, 6.45) is 1.71. The first-order chi connectivity index (χ1) is 6.83. The Kier molecular flexibility index (Phi) is 2.28. The van der Waals surface area contributed by atoms with Crippen molar-refractivity contribution in [2.75, 3.05) is 13.6 Å². The molecule has 0 bridgehead atoms. The van der Waals surface area contributed by atoms with Crippen LogP contribution in [0, 0.1) is 0 Å². The molecule has 0 saturated carbocycles. The molecule has 1 aromatic carbocycles. The zero-order valence-corrected chi connectivity index (χ0v) is 7.87. The summed E-state index contributed by atoms with van der Waals surface area (Å²) >= 11 is 0. The second kappa shape index (κ2) is 3.59. The van der Waals surface area contributed by atoms with Crippen LogP contribution in [-0.4, -0.2) is 29.6 Å². The SMILES string of the molecule is CNCC(=O)c1cccc2cn[nH]c12. The van der Waals surface area contributed by atoms with Gasteiger partial charge < -0.3 is 5.32 Å². The number of carbonyl (C=O) groups is 1. The number of Topliss-reactive ketones (excluding diaryl/α,β-unsaturated/α-hetero) is 1. The number of nitrogens with one attached hydrogen (secondary N) is 2. The van der Waals surface area contributed by atoms with E-state index in [-0.39, 0.29) is 5.78 Å². The van der Waals surface area contributed by atoms with Gasteiger partial charge >= 0.3 is 0 Å². The third kappa shape index (κ3) is 1.40. The molecule has 2 aromatic rings. The fourth-order valence-electron chi connectivity index (χ4n) is 1.46. The van der Waals surface area contributed by atoms with Gasteiger partial charge in [-0.25, -0.2) is 0 Å². The number of rotatable bonds is 3. The summed E-state index contributed by atoms with van der Waals surface area (Å²) in [5.41, 5.74) is 1.50. The molecular formula is C10H11N3O. The number of aromatic nitrogens is 2. The molecule has 1 aromatic heterocycles. The number of para-hydroxylation sites is 1. The van der Waals surface area contributed by atoms with Crippen LogP contribution in [0.15, 0.2) is 24.4 Å². The molecule has 0 fully saturated rings. The molecule has 4 nitrogen and oxygen atoms in total. The molecule has 0 saturated heterocycles. The first kappa shape index (κ1) is 8.90. The van der Waals surface area contributed by atoms with Crippen molar-refractivity contribution < 1.29 is 4.79 Å². The van der Waals surface area contributed by atoms with E-state index in [1.54, 1.807) is 19.3 Å². The Morgan fingerprint density at radius 2 is 2.43 bits per heavy atom. The van der Waals surface area contributed by atoms with Crippen molar-refractivity contribution in [3.8, 4) is 0 Å². The predicted molar refractivity (Wildman–Crippen MR) is 54.4 cm³/mol. The highest BCUT2D eigenvalue weighted by Crippen LogP contribution is 2.15. The molecule has 0 aliphatic carbocycles. The number of ketones is 1. The maximum Gasteiger partial charge on any atom is 0.178 e. The van der Waals surface area contributed by atoms with Gasteiger partial charge in [0.25, 0.3) is 0 Å². The van der Waals surface area contributed by atoms with E-state index in [0.717, 1.165) is 10.9 Å². The molecule has 72 valence electrons. The largest absolute Gasteiger partial charge is 0.313 e. The zero-order chi connectivity index (χ0) is 9.97. The van der Waals surface area contributed by atoms with Gasteiger partial charge in [0.1, 0.15) is 0 Å². The number of nitrogens with zero attached hydrogens (tertiary/aromatic N) is 1. The molecule has 0 atom stereocenters. The Hall–Kier alpha value is -1.68. The summed E-state index contributed by atoms with van der Waals surface area (Å²) in [5, 5.41) is 10.5. The van der Waals surface area contributed by atoms with Crippen molar-refractivity contribution in [2.45, 2.75) is 0 Å². The average molecular weight is 189 g/mol. The molecule has 2 rings (SSSR count). The highest BCUT2D eigenvalue weighted by Gasteiger charge is 2.09. The second-order valence-electron chi connectivity index (χ2n) is 3.09. The normalized spacial score (nSPS) is 10.6. The van der Waals surface area contributed by atoms with Gasteiger partial charge in [0, 0.05) is 10.9 Å². The topological polar surface area (TPSA) is 57.8 Å². The Bertz CT molecular complexity index is 461. The van der Waals surface area contributed by atoms with E-state index < -0.39 is 0 Å². The molecule has 0 spiro atoms. The molecule has 2 N–H and O–H groups in total. The number of hydrogen-bond donors (Lipinski definition) is 2. The third-order valence-corrected chi connectivity index (χ3v) is 2.11. The van der Waals surface area contributed by atoms with Crippen LogP contribution in [0.25, 0.3) is 10.9 Å². The van der Waals surface area contributed by atoms with Crippen LogP contribution in [-0.2, 0) is 0 Å². The first-order valence-corrected chi connectivity index (χ1v) is 4.43. The van der Waals surface area contributed by atoms with E-state index in [1.807, 2.05) is 12.1 Å². The van der Waals surface area contributed by atoms with Crippen LogP contribution >= 0.6 is 0 Å². The van der Waals surface area contributed by atoms with Crippen LogP contribution in [0.1, 0.15) is 10.4 Å². The molecule has 0 aliphatic rings. The van der Waals surface area contributed by atoms with Crippen LogP contribution in [0.4, 0.5) is 0 Å². The molecule has 14 heavy (non-hydrogen) atoms. The van der Waals surface area contributed by atoms with Crippen LogP contribution < -0.4 is 5.32 Å². The van der Waals surface area contributed by atoms with Crippen molar-refractivity contribution in [3.63, 3.8) is 0 Å². The average Bonchev–Trinajstić information content (AvgIpc) is 2.65. The van der Waals surface area contributed by atoms with E-state index in [2.05, 4.69) is 15.5 Å². The van der Waals surface area contributed by atoms with Crippen molar-refractivity contribution in [3.05, 3.63) is 30.0 Å². The number of likely N-dealkylation sites (N-methyl/N-ethyl adjacent to an activating group) is 1. The monoisotopic (exact) mass is 189 g/mol. The van der Waals surface area contributed by atoms with Gasteiger partial charge in [-0.05, 0) is 13.1 Å². The van der Waals surface area contributed by atoms with E-state index >= 15 is 0 Å². The minimum absolute atomic E-state index is 0.0716. The van der Waals surface area contributed by atoms with Crippen molar-refractivity contribution in [1.82, 2.24) is 15.5 Å². The Morgan fingerprint density at radius 1 is 1.57 bits per heavy atom. The molecule has 0 radical (unpaired) electrons. The molecule has 0 aliphatic heterocycles. The molecule has 1 heterocycles. The number of aromatic amines is 1. The number of fused-ring (bicyclic) bond motifs is 1. The molecule has 4 heteroatoms. The second-order valence-corrected chi connectivity index (χ2v) is 3.09. The number of hydrogen-bond acceptors (Lipinski definition) is 3. The van der Waals surface area contributed by atoms with Gasteiger partial charge in [0.2, 0.25) is 0 Å². The predicted octanol–water partition coefficient (Wildman–Crippen LogP) is 0.965. The molecule has 0 unspecified atom stereocenters. The summed E-state index contributed by atoms with van der Waals surface area (Å²) in [7, 11) is 1.75. The van der Waals surface area contributed by atoms with Crippen LogP contribution in [0.3, 0.4) is 0 Å². The molecule has 0 amide bonds. The Morgan fingerprint density at radius 3 is 3.21 bits per heavy atom. The fraction of sp³-hybridized carbons (Fsp3) is 0.200. The maximum absolute atomic E-state index is 11.6. The van der Waals surface area contributed by atoms with Gasteiger partial charge in [0.05, 0.1) is 18.3 Å². The van der Waals surface area contributed by atoms with Gasteiger partial charge in [-0.15, -0.1) is 0 Å². The molecular weight excluding hydrogens is 178 g/mol. The van der Waals surface area contributed by atoms with Crippen molar-refractivity contribution >= 4 is 16.7 Å². The number of benzene rings is 1. The number of carbonyl (C=O) groups excluding carboxylic acids is 1. The van der Waals surface area contributed by atoms with Crippen molar-refractivity contribution in [1.29, 1.82) is 0 Å². The zero-order valence-electron chi connectivity index (χ0n) is 7.87. The standard InChI is InChI=1S/C10H11N3O/c1-11-6-9(14)8-4-2-3-7-5-12-13-10(7)8/h2-5,11H,6H2,1H3,(H,12,13). The van der Waals surface area contributed by atoms with E-state index in [9.17, 15) is 4.79 Å². The maximum atomic E-state index is 11.6. The summed E-state index contributed by atoms with van der Waals surface area (Å²) in [6.45, 7) is 0.345. The number of H-pyrrole nitrogens is 1. The smallest absolute Gasteiger partial charge is 0.178 e. The van der Waals surface area contributed by atoms with Crippen molar-refractivity contribution in [2.24, 2.45) is 0 Å². The van der Waals surface area contributed by atoms with E-state index in [0.29, 0.717) is 12.1 Å². The summed E-state index contributed by atoms with van der Waals surface area (Å²) < 4.78 is 0. The first-order valence-electron chi connectivity index (χ1n) is 4.43. The summed E-state index contributed by atoms with van der Waals surface area (Å²) in [4.78, 5) is 11.6. The lowest BCUT2D eigenvalue weighted by Gasteiger charge is -2.00. The minimum Gasteiger partial charge on any atom is -0.313 e. The van der Waals surface area contributed by atoms with Gasteiger partial charge in [-0.3, -0.25) is 9.89 Å². The van der Waals surface area contributed by atoms with Crippen LogP contribution in [0.5, 0.6) is 0 Å². The lowest BCUT2D eigenvalue weighted by molar-refractivity contribution is 0.0995. The Balaban J connectivity index is 2.50. The minimum atomic E-state index is 0.0716. The van der Waals surface area contributed by atoms with E-state index in [1.165, 1.54) is 0 Å². The lowest BCUT2D eigenvalue weighted by Crippen LogP contribution is -2.18. The quantitative estimate of drug-likeness (QED) is 0.707. The highest BCUT2D eigenvalue weighted by molar-refractivity contribution is 6.07. The summed E-state index contributed by atoms with van der Waals surface area (Å²) in [5.74, 6) is 0.0716. The fourth-order valence-corrected chi connectivity index (χ4v) is 1.46. The van der Waals surface area contributed by atoms with Gasteiger partial charge in [-0.1, -0.05) is 12.1 Å². The van der Waals surface area contributed by atoms with E-state index in [4.69, 9.17) is 0 Å². The van der Waals surface area contributed by atoms with Crippen LogP contribution in [0.2, 0.25) is 0 Å².